The maximum absolute atomic E-state index is 8.86. The van der Waals surface area contributed by atoms with Crippen LogP contribution in [0.5, 0.6) is 5.75 Å². The van der Waals surface area contributed by atoms with Gasteiger partial charge in [0.05, 0.1) is 11.6 Å². The van der Waals surface area contributed by atoms with E-state index in [1.807, 2.05) is 13.8 Å². The van der Waals surface area contributed by atoms with Crippen LogP contribution in [0, 0.1) is 32.1 Å². The molecule has 5 nitrogen and oxygen atoms in total. The van der Waals surface area contributed by atoms with Crippen LogP contribution in [0.1, 0.15) is 28.5 Å². The van der Waals surface area contributed by atoms with E-state index in [1.165, 1.54) is 0 Å². The fourth-order valence-corrected chi connectivity index (χ4v) is 1.77. The number of rotatable bonds is 3. The van der Waals surface area contributed by atoms with Crippen LogP contribution in [0.3, 0.4) is 0 Å². The summed E-state index contributed by atoms with van der Waals surface area (Å²) in [5, 5.41) is 16.5. The van der Waals surface area contributed by atoms with Crippen LogP contribution in [0.4, 0.5) is 0 Å². The van der Waals surface area contributed by atoms with Gasteiger partial charge in [0.25, 0.3) is 5.89 Å². The Labute approximate surface area is 105 Å². The molecular weight excluding hydrogens is 230 g/mol. The summed E-state index contributed by atoms with van der Waals surface area (Å²) in [6.45, 7) is 5.77. The average Bonchev–Trinajstić information content (AvgIpc) is 2.73. The molecule has 2 rings (SSSR count). The van der Waals surface area contributed by atoms with E-state index < -0.39 is 0 Å². The molecule has 0 bridgehead atoms. The Bertz CT molecular complexity index is 588. The lowest BCUT2D eigenvalue weighted by Crippen LogP contribution is -2.00. The van der Waals surface area contributed by atoms with Crippen molar-refractivity contribution in [1.29, 1.82) is 5.26 Å². The quantitative estimate of drug-likeness (QED) is 0.827. The maximum Gasteiger partial charge on any atom is 0.253 e. The molecule has 0 N–H and O–H groups in total. The summed E-state index contributed by atoms with van der Waals surface area (Å²) in [4.78, 5) is 0. The number of aryl methyl sites for hydroxylation is 3. The number of hydrogen-bond acceptors (Lipinski definition) is 5. The molecule has 18 heavy (non-hydrogen) atoms. The monoisotopic (exact) mass is 243 g/mol. The molecule has 0 radical (unpaired) electrons. The van der Waals surface area contributed by atoms with Gasteiger partial charge in [-0.2, -0.15) is 5.26 Å². The topological polar surface area (TPSA) is 71.9 Å². The van der Waals surface area contributed by atoms with Gasteiger partial charge in [-0.3, -0.25) is 0 Å². The van der Waals surface area contributed by atoms with Crippen molar-refractivity contribution < 1.29 is 9.15 Å². The third kappa shape index (κ3) is 2.48. The lowest BCUT2D eigenvalue weighted by atomic mass is 10.1. The summed E-state index contributed by atoms with van der Waals surface area (Å²) in [7, 11) is 0. The molecule has 1 aromatic heterocycles. The molecule has 0 saturated carbocycles. The van der Waals surface area contributed by atoms with E-state index in [2.05, 4.69) is 16.3 Å². The van der Waals surface area contributed by atoms with Crippen molar-refractivity contribution in [2.75, 3.05) is 0 Å². The van der Waals surface area contributed by atoms with Gasteiger partial charge in [0.15, 0.2) is 6.61 Å². The number of benzene rings is 1. The van der Waals surface area contributed by atoms with Gasteiger partial charge in [-0.05, 0) is 37.1 Å². The summed E-state index contributed by atoms with van der Waals surface area (Å²) in [5.41, 5.74) is 2.47. The second-order valence-corrected chi connectivity index (χ2v) is 4.05. The van der Waals surface area contributed by atoms with E-state index in [0.717, 1.165) is 16.9 Å². The van der Waals surface area contributed by atoms with Crippen LogP contribution < -0.4 is 4.74 Å². The molecular formula is C13H13N3O2. The highest BCUT2D eigenvalue weighted by Crippen LogP contribution is 2.25. The van der Waals surface area contributed by atoms with Gasteiger partial charge in [-0.1, -0.05) is 0 Å². The molecule has 2 aromatic rings. The summed E-state index contributed by atoms with van der Waals surface area (Å²) >= 11 is 0. The molecule has 0 aliphatic heterocycles. The first-order chi connectivity index (χ1) is 8.60. The van der Waals surface area contributed by atoms with Crippen LogP contribution in [0.2, 0.25) is 0 Å². The molecule has 0 aliphatic rings. The molecule has 0 amide bonds. The Morgan fingerprint density at radius 3 is 2.39 bits per heavy atom. The highest BCUT2D eigenvalue weighted by Gasteiger charge is 2.09. The van der Waals surface area contributed by atoms with Gasteiger partial charge in [0.2, 0.25) is 5.89 Å². The second-order valence-electron chi connectivity index (χ2n) is 4.05. The zero-order valence-electron chi connectivity index (χ0n) is 10.5. The Morgan fingerprint density at radius 1 is 1.22 bits per heavy atom. The largest absolute Gasteiger partial charge is 0.483 e. The molecule has 0 saturated heterocycles. The molecule has 0 aliphatic carbocycles. The Morgan fingerprint density at radius 2 is 1.89 bits per heavy atom. The van der Waals surface area contributed by atoms with Gasteiger partial charge < -0.3 is 9.15 Å². The SMILES string of the molecule is Cc1nnc(COc2c(C)cc(C#N)cc2C)o1. The third-order valence-corrected chi connectivity index (χ3v) is 2.50. The van der Waals surface area contributed by atoms with Crippen LogP contribution >= 0.6 is 0 Å². The van der Waals surface area contributed by atoms with Gasteiger partial charge in [-0.25, -0.2) is 0 Å². The Balaban J connectivity index is 2.17. The van der Waals surface area contributed by atoms with E-state index in [4.69, 9.17) is 14.4 Å². The zero-order chi connectivity index (χ0) is 13.1. The molecule has 5 heteroatoms. The van der Waals surface area contributed by atoms with Crippen molar-refractivity contribution in [3.8, 4) is 11.8 Å². The lowest BCUT2D eigenvalue weighted by Gasteiger charge is -2.10. The fourth-order valence-electron chi connectivity index (χ4n) is 1.77. The van der Waals surface area contributed by atoms with Crippen LogP contribution in [0.15, 0.2) is 16.5 Å². The first-order valence-electron chi connectivity index (χ1n) is 5.53. The van der Waals surface area contributed by atoms with Gasteiger partial charge in [-0.15, -0.1) is 10.2 Å². The zero-order valence-corrected chi connectivity index (χ0v) is 10.5. The normalized spacial score (nSPS) is 10.1. The molecule has 0 spiro atoms. The molecule has 92 valence electrons. The van der Waals surface area contributed by atoms with Crippen LogP contribution in [0.25, 0.3) is 0 Å². The van der Waals surface area contributed by atoms with E-state index in [-0.39, 0.29) is 6.61 Å². The van der Waals surface area contributed by atoms with E-state index in [9.17, 15) is 0 Å². The van der Waals surface area contributed by atoms with Crippen molar-refractivity contribution in [3.63, 3.8) is 0 Å². The van der Waals surface area contributed by atoms with Gasteiger partial charge in [0.1, 0.15) is 5.75 Å². The molecule has 1 aromatic carbocycles. The van der Waals surface area contributed by atoms with Crippen molar-refractivity contribution >= 4 is 0 Å². The van der Waals surface area contributed by atoms with Crippen molar-refractivity contribution in [3.05, 3.63) is 40.6 Å². The van der Waals surface area contributed by atoms with Gasteiger partial charge in [0, 0.05) is 6.92 Å². The predicted octanol–water partition coefficient (Wildman–Crippen LogP) is 2.45. The van der Waals surface area contributed by atoms with E-state index >= 15 is 0 Å². The minimum atomic E-state index is 0.231. The number of aromatic nitrogens is 2. The highest BCUT2D eigenvalue weighted by atomic mass is 16.5. The van der Waals surface area contributed by atoms with Gasteiger partial charge >= 0.3 is 0 Å². The van der Waals surface area contributed by atoms with Crippen molar-refractivity contribution in [2.24, 2.45) is 0 Å². The standard InChI is InChI=1S/C13H13N3O2/c1-8-4-11(6-14)5-9(2)13(8)17-7-12-16-15-10(3)18-12/h4-5H,7H2,1-3H3. The van der Waals surface area contributed by atoms with E-state index in [1.54, 1.807) is 19.1 Å². The van der Waals surface area contributed by atoms with E-state index in [0.29, 0.717) is 17.3 Å². The summed E-state index contributed by atoms with van der Waals surface area (Å²) in [6, 6.07) is 5.70. The first-order valence-corrected chi connectivity index (χ1v) is 5.53. The number of nitrogens with zero attached hydrogens (tertiary/aromatic N) is 3. The smallest absolute Gasteiger partial charge is 0.253 e. The van der Waals surface area contributed by atoms with Crippen LogP contribution in [-0.2, 0) is 6.61 Å². The second kappa shape index (κ2) is 4.88. The summed E-state index contributed by atoms with van der Waals surface area (Å²) in [6.07, 6.45) is 0. The van der Waals surface area contributed by atoms with Crippen molar-refractivity contribution in [2.45, 2.75) is 27.4 Å². The Kier molecular flexibility index (Phi) is 3.28. The number of ether oxygens (including phenoxy) is 1. The highest BCUT2D eigenvalue weighted by molar-refractivity contribution is 5.47. The van der Waals surface area contributed by atoms with Crippen LogP contribution in [-0.4, -0.2) is 10.2 Å². The molecule has 0 fully saturated rings. The lowest BCUT2D eigenvalue weighted by molar-refractivity contribution is 0.257. The first kappa shape index (κ1) is 12.1. The molecule has 0 unspecified atom stereocenters. The maximum atomic E-state index is 8.86. The minimum absolute atomic E-state index is 0.231. The third-order valence-electron chi connectivity index (χ3n) is 2.50. The Hall–Kier alpha value is -2.35. The predicted molar refractivity (Wildman–Crippen MR) is 64.0 cm³/mol. The molecule has 0 atom stereocenters. The van der Waals surface area contributed by atoms with Crippen molar-refractivity contribution in [1.82, 2.24) is 10.2 Å². The fraction of sp³-hybridized carbons (Fsp3) is 0.308. The minimum Gasteiger partial charge on any atom is -0.483 e. The summed E-state index contributed by atoms with van der Waals surface area (Å²) in [5.74, 6) is 1.71. The number of nitriles is 1. The average molecular weight is 243 g/mol. The summed E-state index contributed by atoms with van der Waals surface area (Å²) < 4.78 is 10.9. The molecule has 1 heterocycles. The number of hydrogen-bond donors (Lipinski definition) is 0.